The third-order valence-corrected chi connectivity index (χ3v) is 12.2. The molecule has 0 spiro atoms. The molecule has 276 valence electrons. The van der Waals surface area contributed by atoms with Crippen molar-refractivity contribution >= 4 is 27.6 Å². The summed E-state index contributed by atoms with van der Waals surface area (Å²) in [5.41, 5.74) is 0.418. The van der Waals surface area contributed by atoms with Crippen LogP contribution in [0.2, 0.25) is 0 Å². The normalized spacial score (nSPS) is 21.9. The Morgan fingerprint density at radius 1 is 1.00 bits per heavy atom. The number of aliphatic hydroxyl groups is 1. The Morgan fingerprint density at radius 3 is 2.30 bits per heavy atom. The number of amides is 3. The van der Waals surface area contributed by atoms with Gasteiger partial charge in [0, 0.05) is 31.1 Å². The van der Waals surface area contributed by atoms with Crippen LogP contribution < -0.4 is 20.7 Å². The summed E-state index contributed by atoms with van der Waals surface area (Å²) in [6.45, 7) is 8.90. The van der Waals surface area contributed by atoms with Gasteiger partial charge in [0.2, 0.25) is 11.8 Å². The fraction of sp³-hybridized carbons (Fsp3) is 0.622. The minimum atomic E-state index is -3.88. The lowest BCUT2D eigenvalue weighted by Crippen LogP contribution is -2.64. The Kier molecular flexibility index (Phi) is 13.1. The van der Waals surface area contributed by atoms with Crippen molar-refractivity contribution in [3.8, 4) is 5.75 Å². The van der Waals surface area contributed by atoms with E-state index in [1.54, 1.807) is 18.3 Å². The van der Waals surface area contributed by atoms with Gasteiger partial charge in [-0.25, -0.2) is 8.42 Å². The van der Waals surface area contributed by atoms with E-state index in [0.717, 1.165) is 37.5 Å². The second kappa shape index (κ2) is 16.6. The molecular weight excluding hydrogens is 659 g/mol. The number of hydrogen-bond acceptors (Lipinski definition) is 9. The number of piperidine rings is 1. The summed E-state index contributed by atoms with van der Waals surface area (Å²) in [5, 5.41) is 20.5. The van der Waals surface area contributed by atoms with E-state index < -0.39 is 62.8 Å². The fourth-order valence-electron chi connectivity index (χ4n) is 6.96. The molecule has 2 heterocycles. The molecule has 1 aliphatic carbocycles. The number of likely N-dealkylation sites (tertiary alicyclic amines) is 1. The molecule has 50 heavy (non-hydrogen) atoms. The zero-order valence-corrected chi connectivity index (χ0v) is 31.0. The summed E-state index contributed by atoms with van der Waals surface area (Å²) in [4.78, 5) is 46.8. The number of pyridine rings is 1. The van der Waals surface area contributed by atoms with Gasteiger partial charge in [0.05, 0.1) is 29.1 Å². The van der Waals surface area contributed by atoms with E-state index in [4.69, 9.17) is 4.74 Å². The highest BCUT2D eigenvalue weighted by molar-refractivity contribution is 7.92. The summed E-state index contributed by atoms with van der Waals surface area (Å²) < 4.78 is 29.7. The molecule has 2 aliphatic rings. The molecule has 4 N–H and O–H groups in total. The number of nitrogens with one attached hydrogen (secondary N) is 3. The predicted molar refractivity (Wildman–Crippen MR) is 192 cm³/mol. The van der Waals surface area contributed by atoms with Crippen molar-refractivity contribution in [2.45, 2.75) is 108 Å². The number of benzene rings is 1. The number of hydrogen-bond donors (Lipinski definition) is 4. The van der Waals surface area contributed by atoms with Gasteiger partial charge < -0.3 is 25.8 Å². The summed E-state index contributed by atoms with van der Waals surface area (Å²) in [6, 6.07) is 9.79. The maximum atomic E-state index is 14.1. The molecule has 13 heteroatoms. The highest BCUT2D eigenvalue weighted by Gasteiger charge is 2.46. The number of β-amino-alcohol motifs (C(OH)–C–C–N with tert-alkyl or cyclic N) is 1. The highest BCUT2D eigenvalue weighted by Crippen LogP contribution is 2.39. The van der Waals surface area contributed by atoms with Crippen LogP contribution >= 0.6 is 0 Å². The third kappa shape index (κ3) is 10.7. The van der Waals surface area contributed by atoms with E-state index in [1.165, 1.54) is 20.0 Å². The number of aromatic nitrogens is 1. The topological polar surface area (TPSA) is 167 Å². The SMILES string of the molecule is CC(C)(C)NC(=O)C1C[C@@H]2CCCC[C@@H]2CN1CC(O)C(Cc1ccccc1)NC(=O)[C@@H](NC(=O)COc1cccnc1)C(C)(C)S(C)(=O)=O. The van der Waals surface area contributed by atoms with Crippen LogP contribution in [0.1, 0.15) is 72.3 Å². The maximum Gasteiger partial charge on any atom is 0.258 e. The van der Waals surface area contributed by atoms with Gasteiger partial charge in [-0.3, -0.25) is 24.3 Å². The van der Waals surface area contributed by atoms with Crippen LogP contribution in [0.3, 0.4) is 0 Å². The van der Waals surface area contributed by atoms with Crippen LogP contribution in [-0.2, 0) is 30.6 Å². The summed E-state index contributed by atoms with van der Waals surface area (Å²) in [7, 11) is -3.88. The Labute approximate surface area is 297 Å². The van der Waals surface area contributed by atoms with Crippen molar-refractivity contribution in [1.29, 1.82) is 0 Å². The largest absolute Gasteiger partial charge is 0.482 e. The third-order valence-electron chi connectivity index (χ3n) is 10.0. The average Bonchev–Trinajstić information content (AvgIpc) is 3.05. The molecule has 0 bridgehead atoms. The van der Waals surface area contributed by atoms with E-state index in [-0.39, 0.29) is 18.9 Å². The molecule has 1 aliphatic heterocycles. The second-order valence-corrected chi connectivity index (χ2v) is 18.1. The van der Waals surface area contributed by atoms with Crippen molar-refractivity contribution in [2.24, 2.45) is 11.8 Å². The number of sulfone groups is 1. The van der Waals surface area contributed by atoms with Gasteiger partial charge in [-0.15, -0.1) is 0 Å². The standard InChI is InChI=1S/C37H55N5O7S/c1-36(2,3)41-34(45)30-20-26-15-10-11-16-27(26)22-42(30)23-31(43)29(19-25-13-8-7-9-14-25)39-35(46)33(37(4,5)50(6,47)48)40-32(44)24-49-28-17-12-18-38-21-28/h7-9,12-14,17-18,21,26-27,29-31,33,43H,10-11,15-16,19-20,22-24H2,1-6H3,(H,39,46)(H,40,44)(H,41,45)/t26-,27+,29?,30?,31?,33+/m0/s1. The smallest absolute Gasteiger partial charge is 0.258 e. The maximum absolute atomic E-state index is 14.1. The van der Waals surface area contributed by atoms with Crippen molar-refractivity contribution in [1.82, 2.24) is 25.8 Å². The first-order chi connectivity index (χ1) is 23.4. The summed E-state index contributed by atoms with van der Waals surface area (Å²) in [5.74, 6) is -0.345. The summed E-state index contributed by atoms with van der Waals surface area (Å²) >= 11 is 0. The Bertz CT molecular complexity index is 1550. The molecule has 1 aromatic heterocycles. The van der Waals surface area contributed by atoms with Crippen LogP contribution in [-0.4, -0.2) is 102 Å². The van der Waals surface area contributed by atoms with E-state index in [1.807, 2.05) is 51.1 Å². The van der Waals surface area contributed by atoms with Gasteiger partial charge in [0.15, 0.2) is 16.4 Å². The second-order valence-electron chi connectivity index (χ2n) is 15.5. The molecule has 6 atom stereocenters. The van der Waals surface area contributed by atoms with Gasteiger partial charge in [0.25, 0.3) is 5.91 Å². The number of fused-ring (bicyclic) bond motifs is 1. The van der Waals surface area contributed by atoms with Crippen LogP contribution in [0, 0.1) is 11.8 Å². The number of carbonyl (C=O) groups is 3. The number of ether oxygens (including phenoxy) is 1. The van der Waals surface area contributed by atoms with Crippen molar-refractivity contribution in [3.63, 3.8) is 0 Å². The molecular formula is C37H55N5O7S. The van der Waals surface area contributed by atoms with E-state index >= 15 is 0 Å². The quantitative estimate of drug-likeness (QED) is 0.230. The molecule has 1 saturated heterocycles. The molecule has 2 fully saturated rings. The Balaban J connectivity index is 1.58. The Morgan fingerprint density at radius 2 is 1.68 bits per heavy atom. The van der Waals surface area contributed by atoms with Crippen LogP contribution in [0.15, 0.2) is 54.9 Å². The fourth-order valence-corrected chi connectivity index (χ4v) is 7.56. The lowest BCUT2D eigenvalue weighted by atomic mass is 9.72. The monoisotopic (exact) mass is 713 g/mol. The zero-order valence-electron chi connectivity index (χ0n) is 30.2. The minimum Gasteiger partial charge on any atom is -0.482 e. The molecule has 1 aromatic carbocycles. The first-order valence-electron chi connectivity index (χ1n) is 17.5. The molecule has 4 rings (SSSR count). The first-order valence-corrected chi connectivity index (χ1v) is 19.4. The van der Waals surface area contributed by atoms with E-state index in [9.17, 15) is 27.9 Å². The predicted octanol–water partition coefficient (Wildman–Crippen LogP) is 2.65. The zero-order chi connectivity index (χ0) is 36.7. The average molecular weight is 714 g/mol. The molecule has 0 radical (unpaired) electrons. The van der Waals surface area contributed by atoms with E-state index in [2.05, 4.69) is 25.8 Å². The van der Waals surface area contributed by atoms with Gasteiger partial charge in [-0.1, -0.05) is 49.6 Å². The van der Waals surface area contributed by atoms with Crippen LogP contribution in [0.4, 0.5) is 0 Å². The molecule has 12 nitrogen and oxygen atoms in total. The van der Waals surface area contributed by atoms with Crippen LogP contribution in [0.25, 0.3) is 0 Å². The summed E-state index contributed by atoms with van der Waals surface area (Å²) in [6.07, 6.45) is 8.26. The highest BCUT2D eigenvalue weighted by atomic mass is 32.2. The minimum absolute atomic E-state index is 0.0800. The number of carbonyl (C=O) groups excluding carboxylic acids is 3. The van der Waals surface area contributed by atoms with E-state index in [0.29, 0.717) is 30.6 Å². The van der Waals surface area contributed by atoms with Gasteiger partial charge >= 0.3 is 0 Å². The molecule has 1 saturated carbocycles. The van der Waals surface area contributed by atoms with Gasteiger partial charge in [0.1, 0.15) is 11.8 Å². The van der Waals surface area contributed by atoms with Crippen molar-refractivity contribution in [3.05, 3.63) is 60.4 Å². The van der Waals surface area contributed by atoms with Gasteiger partial charge in [-0.2, -0.15) is 0 Å². The molecule has 2 aromatic rings. The van der Waals surface area contributed by atoms with Crippen molar-refractivity contribution in [2.75, 3.05) is 26.0 Å². The number of rotatable bonds is 14. The Hall–Kier alpha value is -3.55. The first kappa shape index (κ1) is 39.2. The lowest BCUT2D eigenvalue weighted by Gasteiger charge is -2.47. The number of aliphatic hydroxyl groups excluding tert-OH is 1. The molecule has 3 amide bonds. The lowest BCUT2D eigenvalue weighted by molar-refractivity contribution is -0.133. The molecule has 3 unspecified atom stereocenters. The van der Waals surface area contributed by atoms with Crippen molar-refractivity contribution < 1.29 is 32.6 Å². The van der Waals surface area contributed by atoms with Crippen LogP contribution in [0.5, 0.6) is 5.75 Å². The van der Waals surface area contributed by atoms with Gasteiger partial charge in [-0.05, 0) is 83.4 Å². The number of nitrogens with zero attached hydrogens (tertiary/aromatic N) is 2.